The second-order valence-electron chi connectivity index (χ2n) is 6.09. The summed E-state index contributed by atoms with van der Waals surface area (Å²) >= 11 is 5.36. The summed E-state index contributed by atoms with van der Waals surface area (Å²) in [4.78, 5) is 0. The van der Waals surface area contributed by atoms with Crippen LogP contribution in [-0.4, -0.2) is 28.2 Å². The second kappa shape index (κ2) is 7.55. The maximum atomic E-state index is 5.36. The SMILES string of the molecule is COc1cccc(/C=N\n2c(Cc3cccc4ccccc34)n[nH]c2=S)c1. The number of H-pyrrole nitrogens is 1. The average molecular weight is 374 g/mol. The average Bonchev–Trinajstić information content (AvgIpc) is 3.06. The molecule has 0 aliphatic carbocycles. The van der Waals surface area contributed by atoms with E-state index in [2.05, 4.69) is 45.6 Å². The van der Waals surface area contributed by atoms with Crippen LogP contribution in [0.15, 0.2) is 71.8 Å². The normalized spacial score (nSPS) is 11.3. The van der Waals surface area contributed by atoms with Crippen LogP contribution in [0, 0.1) is 4.77 Å². The molecule has 1 heterocycles. The minimum absolute atomic E-state index is 0.462. The molecule has 0 atom stereocenters. The number of aromatic nitrogens is 3. The summed E-state index contributed by atoms with van der Waals surface area (Å²) in [5.41, 5.74) is 2.11. The molecule has 27 heavy (non-hydrogen) atoms. The van der Waals surface area contributed by atoms with E-state index in [1.807, 2.05) is 36.4 Å². The highest BCUT2D eigenvalue weighted by molar-refractivity contribution is 7.71. The van der Waals surface area contributed by atoms with Gasteiger partial charge in [-0.3, -0.25) is 5.10 Å². The van der Waals surface area contributed by atoms with Crippen molar-refractivity contribution in [1.29, 1.82) is 0 Å². The van der Waals surface area contributed by atoms with Gasteiger partial charge in [-0.25, -0.2) is 0 Å². The van der Waals surface area contributed by atoms with Gasteiger partial charge < -0.3 is 4.74 Å². The van der Waals surface area contributed by atoms with Crippen molar-refractivity contribution in [1.82, 2.24) is 14.9 Å². The Labute approximate surface area is 161 Å². The molecule has 0 saturated heterocycles. The molecule has 0 fully saturated rings. The molecular weight excluding hydrogens is 356 g/mol. The van der Waals surface area contributed by atoms with Crippen LogP contribution < -0.4 is 4.74 Å². The number of hydrogen-bond donors (Lipinski definition) is 1. The highest BCUT2D eigenvalue weighted by Crippen LogP contribution is 2.21. The van der Waals surface area contributed by atoms with Gasteiger partial charge in [0.05, 0.1) is 13.3 Å². The molecule has 1 N–H and O–H groups in total. The topological polar surface area (TPSA) is 55.2 Å². The van der Waals surface area contributed by atoms with Crippen LogP contribution in [0.25, 0.3) is 10.8 Å². The number of hydrogen-bond acceptors (Lipinski definition) is 4. The molecule has 0 aliphatic heterocycles. The van der Waals surface area contributed by atoms with Gasteiger partial charge in [0.25, 0.3) is 0 Å². The lowest BCUT2D eigenvalue weighted by molar-refractivity contribution is 0.415. The predicted octanol–water partition coefficient (Wildman–Crippen LogP) is 4.58. The van der Waals surface area contributed by atoms with E-state index in [-0.39, 0.29) is 0 Å². The monoisotopic (exact) mass is 374 g/mol. The molecule has 0 unspecified atom stereocenters. The quantitative estimate of drug-likeness (QED) is 0.411. The van der Waals surface area contributed by atoms with Gasteiger partial charge in [0.15, 0.2) is 5.82 Å². The number of aromatic amines is 1. The molecule has 0 aliphatic rings. The third-order valence-electron chi connectivity index (χ3n) is 4.36. The first kappa shape index (κ1) is 17.2. The molecule has 0 bridgehead atoms. The minimum Gasteiger partial charge on any atom is -0.497 e. The lowest BCUT2D eigenvalue weighted by Gasteiger charge is -2.06. The van der Waals surface area contributed by atoms with Crippen LogP contribution in [0.1, 0.15) is 17.0 Å². The van der Waals surface area contributed by atoms with E-state index in [4.69, 9.17) is 17.0 Å². The van der Waals surface area contributed by atoms with Gasteiger partial charge in [0.1, 0.15) is 5.75 Å². The third-order valence-corrected chi connectivity index (χ3v) is 4.63. The maximum absolute atomic E-state index is 5.36. The molecule has 0 spiro atoms. The van der Waals surface area contributed by atoms with E-state index in [0.29, 0.717) is 11.2 Å². The number of nitrogens with one attached hydrogen (secondary N) is 1. The van der Waals surface area contributed by atoms with Crippen molar-refractivity contribution in [2.24, 2.45) is 5.10 Å². The first-order valence-electron chi connectivity index (χ1n) is 8.56. The number of benzene rings is 3. The molecule has 1 aromatic heterocycles. The zero-order valence-electron chi connectivity index (χ0n) is 14.8. The molecule has 0 radical (unpaired) electrons. The fourth-order valence-electron chi connectivity index (χ4n) is 3.02. The van der Waals surface area contributed by atoms with Crippen molar-refractivity contribution in [2.75, 3.05) is 7.11 Å². The largest absolute Gasteiger partial charge is 0.497 e. The van der Waals surface area contributed by atoms with E-state index in [1.54, 1.807) is 18.0 Å². The van der Waals surface area contributed by atoms with E-state index >= 15 is 0 Å². The Morgan fingerprint density at radius 3 is 2.81 bits per heavy atom. The van der Waals surface area contributed by atoms with Gasteiger partial charge in [0, 0.05) is 6.42 Å². The Balaban J connectivity index is 1.67. The summed E-state index contributed by atoms with van der Waals surface area (Å²) in [5, 5.41) is 14.1. The molecule has 6 heteroatoms. The Morgan fingerprint density at radius 1 is 1.11 bits per heavy atom. The van der Waals surface area contributed by atoms with Gasteiger partial charge >= 0.3 is 0 Å². The van der Waals surface area contributed by atoms with Crippen LogP contribution >= 0.6 is 12.2 Å². The van der Waals surface area contributed by atoms with E-state index in [1.165, 1.54) is 16.3 Å². The van der Waals surface area contributed by atoms with E-state index in [9.17, 15) is 0 Å². The Bertz CT molecular complexity index is 1170. The molecule has 5 nitrogen and oxygen atoms in total. The van der Waals surface area contributed by atoms with E-state index < -0.39 is 0 Å². The van der Waals surface area contributed by atoms with Crippen molar-refractivity contribution in [2.45, 2.75) is 6.42 Å². The summed E-state index contributed by atoms with van der Waals surface area (Å²) in [7, 11) is 1.64. The first-order chi connectivity index (χ1) is 13.2. The molecule has 3 aromatic carbocycles. The van der Waals surface area contributed by atoms with Crippen LogP contribution in [0.2, 0.25) is 0 Å². The third kappa shape index (κ3) is 3.66. The first-order valence-corrected chi connectivity index (χ1v) is 8.97. The lowest BCUT2D eigenvalue weighted by Crippen LogP contribution is -2.01. The van der Waals surface area contributed by atoms with Gasteiger partial charge in [-0.15, -0.1) is 0 Å². The molecular formula is C21H18N4OS. The molecule has 4 rings (SSSR count). The number of fused-ring (bicyclic) bond motifs is 1. The summed E-state index contributed by atoms with van der Waals surface area (Å²) in [6.45, 7) is 0. The molecule has 4 aromatic rings. The van der Waals surface area contributed by atoms with Gasteiger partial charge in [-0.1, -0.05) is 54.6 Å². The highest BCUT2D eigenvalue weighted by atomic mass is 32.1. The number of rotatable bonds is 5. The predicted molar refractivity (Wildman–Crippen MR) is 110 cm³/mol. The molecule has 134 valence electrons. The number of nitrogens with zero attached hydrogens (tertiary/aromatic N) is 3. The summed E-state index contributed by atoms with van der Waals surface area (Å²) in [6.07, 6.45) is 2.38. The number of methoxy groups -OCH3 is 1. The molecule has 0 saturated carbocycles. The summed E-state index contributed by atoms with van der Waals surface area (Å²) in [6, 6.07) is 22.3. The van der Waals surface area contributed by atoms with E-state index in [0.717, 1.165) is 17.1 Å². The fourth-order valence-corrected chi connectivity index (χ4v) is 3.22. The van der Waals surface area contributed by atoms with Gasteiger partial charge in [-0.2, -0.15) is 14.9 Å². The summed E-state index contributed by atoms with van der Waals surface area (Å²) < 4.78 is 7.38. The van der Waals surface area contributed by atoms with Gasteiger partial charge in [0.2, 0.25) is 4.77 Å². The van der Waals surface area contributed by atoms with Crippen molar-refractivity contribution >= 4 is 29.2 Å². The van der Waals surface area contributed by atoms with Crippen molar-refractivity contribution in [3.05, 3.63) is 88.5 Å². The Hall–Kier alpha value is -3.25. The Morgan fingerprint density at radius 2 is 1.93 bits per heavy atom. The minimum atomic E-state index is 0.462. The van der Waals surface area contributed by atoms with Crippen LogP contribution in [0.5, 0.6) is 5.75 Å². The Kier molecular flexibility index (Phi) is 4.80. The standard InChI is InChI=1S/C21H18N4OS/c1-26-18-10-4-6-15(12-18)14-22-25-20(23-24-21(25)27)13-17-9-5-8-16-7-2-3-11-19(16)17/h2-12,14H,13H2,1H3,(H,24,27)/b22-14-. The smallest absolute Gasteiger partial charge is 0.216 e. The zero-order chi connectivity index (χ0) is 18.6. The summed E-state index contributed by atoms with van der Waals surface area (Å²) in [5.74, 6) is 1.54. The van der Waals surface area contributed by atoms with Crippen LogP contribution in [-0.2, 0) is 6.42 Å². The van der Waals surface area contributed by atoms with Crippen molar-refractivity contribution in [3.8, 4) is 5.75 Å². The molecule has 0 amide bonds. The number of ether oxygens (including phenoxy) is 1. The maximum Gasteiger partial charge on any atom is 0.216 e. The van der Waals surface area contributed by atoms with Crippen LogP contribution in [0.4, 0.5) is 0 Å². The van der Waals surface area contributed by atoms with Crippen molar-refractivity contribution in [3.63, 3.8) is 0 Å². The zero-order valence-corrected chi connectivity index (χ0v) is 15.6. The van der Waals surface area contributed by atoms with Crippen LogP contribution in [0.3, 0.4) is 0 Å². The lowest BCUT2D eigenvalue weighted by atomic mass is 10.0. The van der Waals surface area contributed by atoms with Crippen molar-refractivity contribution < 1.29 is 4.74 Å². The second-order valence-corrected chi connectivity index (χ2v) is 6.48. The fraction of sp³-hybridized carbons (Fsp3) is 0.0952. The van der Waals surface area contributed by atoms with Gasteiger partial charge in [-0.05, 0) is 46.2 Å². The highest BCUT2D eigenvalue weighted by Gasteiger charge is 2.09.